The standard InChI is InChI=1S/C11H18N4OS/c1-17-11(4-5-11)7-13-10-15-14-9(16-10)6-12-8-2-3-8/h8,12H,2-7H2,1H3,(H,13,15). The molecule has 2 aliphatic carbocycles. The Morgan fingerprint density at radius 3 is 2.88 bits per heavy atom. The highest BCUT2D eigenvalue weighted by Gasteiger charge is 2.41. The van der Waals surface area contributed by atoms with Crippen LogP contribution in [0.3, 0.4) is 0 Å². The molecule has 2 saturated carbocycles. The smallest absolute Gasteiger partial charge is 0.315 e. The number of nitrogens with one attached hydrogen (secondary N) is 2. The molecule has 0 aliphatic heterocycles. The van der Waals surface area contributed by atoms with Crippen molar-refractivity contribution in [1.82, 2.24) is 15.5 Å². The average molecular weight is 254 g/mol. The van der Waals surface area contributed by atoms with Crippen LogP contribution in [0.4, 0.5) is 6.01 Å². The molecule has 0 radical (unpaired) electrons. The lowest BCUT2D eigenvalue weighted by molar-refractivity contribution is 0.475. The summed E-state index contributed by atoms with van der Waals surface area (Å²) >= 11 is 1.92. The Kier molecular flexibility index (Phi) is 3.00. The minimum absolute atomic E-state index is 0.418. The molecule has 94 valence electrons. The second-order valence-electron chi connectivity index (χ2n) is 4.90. The predicted octanol–water partition coefficient (Wildman–Crippen LogP) is 1.63. The quantitative estimate of drug-likeness (QED) is 0.771. The van der Waals surface area contributed by atoms with Gasteiger partial charge in [-0.25, -0.2) is 0 Å². The molecule has 0 spiro atoms. The Balaban J connectivity index is 1.46. The first-order valence-corrected chi connectivity index (χ1v) is 7.37. The van der Waals surface area contributed by atoms with Crippen LogP contribution in [0.2, 0.25) is 0 Å². The largest absolute Gasteiger partial charge is 0.407 e. The SMILES string of the molecule is CSC1(CNc2nnc(CNC3CC3)o2)CC1. The van der Waals surface area contributed by atoms with Gasteiger partial charge >= 0.3 is 6.01 Å². The van der Waals surface area contributed by atoms with E-state index in [-0.39, 0.29) is 0 Å². The van der Waals surface area contributed by atoms with Crippen LogP contribution in [0.1, 0.15) is 31.6 Å². The number of hydrogen-bond donors (Lipinski definition) is 2. The van der Waals surface area contributed by atoms with E-state index >= 15 is 0 Å². The molecule has 17 heavy (non-hydrogen) atoms. The van der Waals surface area contributed by atoms with Gasteiger partial charge in [0.1, 0.15) is 0 Å². The maximum Gasteiger partial charge on any atom is 0.315 e. The van der Waals surface area contributed by atoms with E-state index in [4.69, 9.17) is 4.42 Å². The topological polar surface area (TPSA) is 63.0 Å². The second kappa shape index (κ2) is 4.49. The molecule has 0 unspecified atom stereocenters. The molecule has 1 aromatic rings. The van der Waals surface area contributed by atoms with Crippen LogP contribution < -0.4 is 10.6 Å². The monoisotopic (exact) mass is 254 g/mol. The first kappa shape index (κ1) is 11.3. The van der Waals surface area contributed by atoms with Crippen molar-refractivity contribution in [3.8, 4) is 0 Å². The van der Waals surface area contributed by atoms with Crippen LogP contribution in [-0.2, 0) is 6.54 Å². The maximum absolute atomic E-state index is 5.52. The Bertz CT molecular complexity index is 387. The Labute approximate surface area is 105 Å². The third kappa shape index (κ3) is 2.93. The van der Waals surface area contributed by atoms with Crippen molar-refractivity contribution in [2.24, 2.45) is 0 Å². The van der Waals surface area contributed by atoms with Crippen LogP contribution in [0, 0.1) is 0 Å². The van der Waals surface area contributed by atoms with Gasteiger partial charge in [0.25, 0.3) is 0 Å². The number of rotatable bonds is 7. The molecule has 6 heteroatoms. The van der Waals surface area contributed by atoms with Crippen molar-refractivity contribution >= 4 is 17.8 Å². The normalized spacial score (nSPS) is 21.5. The first-order chi connectivity index (χ1) is 8.30. The summed E-state index contributed by atoms with van der Waals surface area (Å²) < 4.78 is 5.94. The maximum atomic E-state index is 5.52. The molecule has 2 N–H and O–H groups in total. The van der Waals surface area contributed by atoms with Gasteiger partial charge in [-0.2, -0.15) is 11.8 Å². The number of hydrogen-bond acceptors (Lipinski definition) is 6. The molecule has 0 amide bonds. The summed E-state index contributed by atoms with van der Waals surface area (Å²) in [6, 6.07) is 1.22. The Hall–Kier alpha value is -0.750. The number of thioether (sulfide) groups is 1. The number of anilines is 1. The Morgan fingerprint density at radius 1 is 1.41 bits per heavy atom. The van der Waals surface area contributed by atoms with Crippen molar-refractivity contribution in [2.75, 3.05) is 18.1 Å². The number of nitrogens with zero attached hydrogens (tertiary/aromatic N) is 2. The van der Waals surface area contributed by atoms with Crippen molar-refractivity contribution in [3.05, 3.63) is 5.89 Å². The lowest BCUT2D eigenvalue weighted by Gasteiger charge is -2.10. The van der Waals surface area contributed by atoms with Crippen LogP contribution in [-0.4, -0.2) is 33.8 Å². The summed E-state index contributed by atoms with van der Waals surface area (Å²) in [5.41, 5.74) is 0. The summed E-state index contributed by atoms with van der Waals surface area (Å²) in [6.07, 6.45) is 7.27. The predicted molar refractivity (Wildman–Crippen MR) is 68.1 cm³/mol. The van der Waals surface area contributed by atoms with E-state index < -0.39 is 0 Å². The van der Waals surface area contributed by atoms with Crippen LogP contribution in [0.25, 0.3) is 0 Å². The molecule has 1 aromatic heterocycles. The summed E-state index contributed by atoms with van der Waals surface area (Å²) in [5, 5.41) is 14.6. The molecule has 0 saturated heterocycles. The second-order valence-corrected chi connectivity index (χ2v) is 6.17. The molecule has 0 atom stereocenters. The van der Waals surface area contributed by atoms with E-state index in [9.17, 15) is 0 Å². The Morgan fingerprint density at radius 2 is 2.24 bits per heavy atom. The minimum Gasteiger partial charge on any atom is -0.407 e. The van der Waals surface area contributed by atoms with Gasteiger partial charge in [0, 0.05) is 17.3 Å². The molecule has 1 heterocycles. The summed E-state index contributed by atoms with van der Waals surface area (Å²) in [7, 11) is 0. The number of aromatic nitrogens is 2. The van der Waals surface area contributed by atoms with Crippen LogP contribution in [0.15, 0.2) is 4.42 Å². The van der Waals surface area contributed by atoms with E-state index in [0.717, 1.165) is 6.54 Å². The molecule has 2 aliphatic rings. The van der Waals surface area contributed by atoms with Crippen molar-refractivity contribution in [2.45, 2.75) is 43.0 Å². The fourth-order valence-electron chi connectivity index (χ4n) is 1.74. The molecular formula is C11H18N4OS. The third-order valence-corrected chi connectivity index (χ3v) is 4.81. The van der Waals surface area contributed by atoms with E-state index in [1.54, 1.807) is 0 Å². The van der Waals surface area contributed by atoms with Gasteiger partial charge in [0.15, 0.2) is 0 Å². The molecular weight excluding hydrogens is 236 g/mol. The fourth-order valence-corrected chi connectivity index (χ4v) is 2.47. The third-order valence-electron chi connectivity index (χ3n) is 3.39. The lowest BCUT2D eigenvalue weighted by Crippen LogP contribution is -2.17. The molecule has 5 nitrogen and oxygen atoms in total. The van der Waals surface area contributed by atoms with Gasteiger partial charge in [0.2, 0.25) is 5.89 Å². The van der Waals surface area contributed by atoms with Gasteiger partial charge in [-0.1, -0.05) is 5.10 Å². The van der Waals surface area contributed by atoms with Crippen LogP contribution in [0.5, 0.6) is 0 Å². The highest BCUT2D eigenvalue weighted by Crippen LogP contribution is 2.46. The molecule has 0 aromatic carbocycles. The first-order valence-electron chi connectivity index (χ1n) is 6.14. The highest BCUT2D eigenvalue weighted by atomic mass is 32.2. The van der Waals surface area contributed by atoms with Gasteiger partial charge in [-0.15, -0.1) is 5.10 Å². The zero-order chi connectivity index (χ0) is 11.7. The molecule has 2 fully saturated rings. The van der Waals surface area contributed by atoms with Crippen LogP contribution >= 0.6 is 11.8 Å². The van der Waals surface area contributed by atoms with Gasteiger partial charge in [-0.05, 0) is 31.9 Å². The zero-order valence-corrected chi connectivity index (χ0v) is 10.8. The van der Waals surface area contributed by atoms with Crippen molar-refractivity contribution in [1.29, 1.82) is 0 Å². The van der Waals surface area contributed by atoms with E-state index in [1.165, 1.54) is 25.7 Å². The minimum atomic E-state index is 0.418. The summed E-state index contributed by atoms with van der Waals surface area (Å²) in [5.74, 6) is 0.674. The highest BCUT2D eigenvalue weighted by molar-refractivity contribution is 8.00. The fraction of sp³-hybridized carbons (Fsp3) is 0.818. The van der Waals surface area contributed by atoms with Gasteiger partial charge in [-0.3, -0.25) is 0 Å². The van der Waals surface area contributed by atoms with E-state index in [0.29, 0.717) is 29.2 Å². The van der Waals surface area contributed by atoms with E-state index in [2.05, 4.69) is 27.1 Å². The molecule has 0 bridgehead atoms. The van der Waals surface area contributed by atoms with Gasteiger partial charge in [0.05, 0.1) is 6.54 Å². The lowest BCUT2D eigenvalue weighted by atomic mass is 10.4. The zero-order valence-electron chi connectivity index (χ0n) is 10.0. The average Bonchev–Trinajstić information content (AvgIpc) is 3.26. The van der Waals surface area contributed by atoms with Crippen molar-refractivity contribution in [3.63, 3.8) is 0 Å². The van der Waals surface area contributed by atoms with Gasteiger partial charge < -0.3 is 15.1 Å². The molecule has 3 rings (SSSR count). The summed E-state index contributed by atoms with van der Waals surface area (Å²) in [4.78, 5) is 0. The summed E-state index contributed by atoms with van der Waals surface area (Å²) in [6.45, 7) is 1.61. The van der Waals surface area contributed by atoms with Crippen molar-refractivity contribution < 1.29 is 4.42 Å². The van der Waals surface area contributed by atoms with E-state index in [1.807, 2.05) is 11.8 Å².